The Hall–Kier alpha value is -2.77. The molecule has 1 saturated heterocycles. The highest BCUT2D eigenvalue weighted by Crippen LogP contribution is 2.18. The van der Waals surface area contributed by atoms with Gasteiger partial charge in [0.15, 0.2) is 0 Å². The van der Waals surface area contributed by atoms with Crippen molar-refractivity contribution in [3.8, 4) is 0 Å². The summed E-state index contributed by atoms with van der Waals surface area (Å²) in [4.78, 5) is 34.8. The van der Waals surface area contributed by atoms with Crippen LogP contribution in [0.2, 0.25) is 0 Å². The number of amides is 2. The summed E-state index contributed by atoms with van der Waals surface area (Å²) in [6.07, 6.45) is -2.76. The fourth-order valence-electron chi connectivity index (χ4n) is 1.93. The topological polar surface area (TPSA) is 94.2 Å². The van der Waals surface area contributed by atoms with E-state index in [2.05, 4.69) is 10.2 Å². The van der Waals surface area contributed by atoms with E-state index in [1.54, 1.807) is 19.1 Å². The van der Waals surface area contributed by atoms with E-state index < -0.39 is 30.3 Å². The molecular weight excluding hydrogens is 292 g/mol. The van der Waals surface area contributed by atoms with Crippen LogP contribution in [-0.2, 0) is 25.6 Å². The van der Waals surface area contributed by atoms with Crippen molar-refractivity contribution in [3.05, 3.63) is 35.9 Å². The predicted octanol–water partition coefficient (Wildman–Crippen LogP) is 1.21. The fourth-order valence-corrected chi connectivity index (χ4v) is 1.93. The maximum atomic E-state index is 11.7. The first-order valence-electron chi connectivity index (χ1n) is 6.58. The van der Waals surface area contributed by atoms with Crippen molar-refractivity contribution in [2.45, 2.75) is 25.7 Å². The number of hydrogen-bond acceptors (Lipinski definition) is 6. The van der Waals surface area contributed by atoms with Gasteiger partial charge in [-0.05, 0) is 12.5 Å². The van der Waals surface area contributed by atoms with Crippen LogP contribution in [0.3, 0.4) is 0 Å². The Morgan fingerprint density at radius 3 is 2.64 bits per heavy atom. The molecule has 1 aliphatic heterocycles. The van der Waals surface area contributed by atoms with E-state index in [0.29, 0.717) is 0 Å². The van der Waals surface area contributed by atoms with Crippen LogP contribution in [0.15, 0.2) is 30.3 Å². The van der Waals surface area contributed by atoms with E-state index in [1.807, 2.05) is 18.2 Å². The molecule has 0 spiro atoms. The van der Waals surface area contributed by atoms with E-state index in [1.165, 1.54) is 7.11 Å². The molecule has 118 valence electrons. The molecule has 8 nitrogen and oxygen atoms in total. The molecule has 1 fully saturated rings. The molecule has 1 aromatic carbocycles. The summed E-state index contributed by atoms with van der Waals surface area (Å²) in [5, 5.41) is 0.898. The number of methoxy groups -OCH3 is 1. The number of hydrogen-bond donors (Lipinski definition) is 1. The Balaban J connectivity index is 1.88. The van der Waals surface area contributed by atoms with E-state index in [4.69, 9.17) is 9.47 Å². The van der Waals surface area contributed by atoms with Crippen molar-refractivity contribution in [2.75, 3.05) is 7.11 Å². The van der Waals surface area contributed by atoms with Gasteiger partial charge in [-0.25, -0.2) is 24.8 Å². The van der Waals surface area contributed by atoms with Gasteiger partial charge in [0.05, 0.1) is 7.11 Å². The number of nitrogens with one attached hydrogen (secondary N) is 1. The lowest BCUT2D eigenvalue weighted by Crippen LogP contribution is -2.49. The molecule has 0 saturated carbocycles. The summed E-state index contributed by atoms with van der Waals surface area (Å²) < 4.78 is 14.4. The highest BCUT2D eigenvalue weighted by atomic mass is 16.6. The molecule has 1 aliphatic rings. The first-order valence-corrected chi connectivity index (χ1v) is 6.58. The van der Waals surface area contributed by atoms with Crippen LogP contribution in [0.4, 0.5) is 9.59 Å². The van der Waals surface area contributed by atoms with Gasteiger partial charge in [0, 0.05) is 0 Å². The van der Waals surface area contributed by atoms with E-state index in [9.17, 15) is 14.4 Å². The Labute approximate surface area is 126 Å². The second kappa shape index (κ2) is 6.79. The number of rotatable bonds is 4. The SMILES string of the molecule is COC(=O)[C@@H]1OC(=O)N(NC(=O)OCc2ccccc2)[C@H]1C. The van der Waals surface area contributed by atoms with Crippen molar-refractivity contribution in [2.24, 2.45) is 0 Å². The minimum Gasteiger partial charge on any atom is -0.466 e. The minimum absolute atomic E-state index is 0.0599. The van der Waals surface area contributed by atoms with Crippen molar-refractivity contribution in [1.29, 1.82) is 0 Å². The van der Waals surface area contributed by atoms with Gasteiger partial charge in [-0.1, -0.05) is 30.3 Å². The predicted molar refractivity (Wildman–Crippen MR) is 73.3 cm³/mol. The third-order valence-electron chi connectivity index (χ3n) is 3.13. The van der Waals surface area contributed by atoms with E-state index in [-0.39, 0.29) is 6.61 Å². The van der Waals surface area contributed by atoms with Crippen molar-refractivity contribution in [3.63, 3.8) is 0 Å². The number of ether oxygens (including phenoxy) is 3. The van der Waals surface area contributed by atoms with E-state index in [0.717, 1.165) is 10.6 Å². The van der Waals surface area contributed by atoms with Crippen LogP contribution >= 0.6 is 0 Å². The van der Waals surface area contributed by atoms with Crippen molar-refractivity contribution < 1.29 is 28.6 Å². The summed E-state index contributed by atoms with van der Waals surface area (Å²) in [6, 6.07) is 8.37. The summed E-state index contributed by atoms with van der Waals surface area (Å²) in [5.74, 6) is -0.692. The summed E-state index contributed by atoms with van der Waals surface area (Å²) in [6.45, 7) is 1.61. The second-order valence-corrected chi connectivity index (χ2v) is 4.61. The number of benzene rings is 1. The highest BCUT2D eigenvalue weighted by Gasteiger charge is 2.45. The Kier molecular flexibility index (Phi) is 4.82. The van der Waals surface area contributed by atoms with Crippen LogP contribution < -0.4 is 5.43 Å². The van der Waals surface area contributed by atoms with Crippen LogP contribution in [-0.4, -0.2) is 42.4 Å². The first-order chi connectivity index (χ1) is 10.5. The van der Waals surface area contributed by atoms with Gasteiger partial charge < -0.3 is 14.2 Å². The van der Waals surface area contributed by atoms with Gasteiger partial charge in [-0.15, -0.1) is 0 Å². The first kappa shape index (κ1) is 15.6. The molecule has 2 amide bonds. The number of cyclic esters (lactones) is 1. The molecule has 0 aromatic heterocycles. The number of nitrogens with zero attached hydrogens (tertiary/aromatic N) is 1. The van der Waals surface area contributed by atoms with Crippen LogP contribution in [0.5, 0.6) is 0 Å². The summed E-state index contributed by atoms with van der Waals surface area (Å²) in [7, 11) is 1.19. The quantitative estimate of drug-likeness (QED) is 0.663. The molecule has 0 aliphatic carbocycles. The molecule has 0 unspecified atom stereocenters. The molecule has 0 bridgehead atoms. The molecule has 1 heterocycles. The van der Waals surface area contributed by atoms with E-state index >= 15 is 0 Å². The molecule has 2 atom stereocenters. The average Bonchev–Trinajstić information content (AvgIpc) is 2.81. The van der Waals surface area contributed by atoms with Gasteiger partial charge in [0.1, 0.15) is 12.6 Å². The lowest BCUT2D eigenvalue weighted by atomic mass is 10.2. The van der Waals surface area contributed by atoms with Crippen LogP contribution in [0.25, 0.3) is 0 Å². The number of esters is 1. The van der Waals surface area contributed by atoms with Gasteiger partial charge in [0.2, 0.25) is 6.10 Å². The third kappa shape index (κ3) is 3.46. The van der Waals surface area contributed by atoms with Crippen LogP contribution in [0.1, 0.15) is 12.5 Å². The van der Waals surface area contributed by atoms with Crippen molar-refractivity contribution >= 4 is 18.2 Å². The molecule has 1 N–H and O–H groups in total. The average molecular weight is 308 g/mol. The highest BCUT2D eigenvalue weighted by molar-refractivity contribution is 5.84. The molecule has 22 heavy (non-hydrogen) atoms. The Bertz CT molecular complexity index is 562. The summed E-state index contributed by atoms with van der Waals surface area (Å²) >= 11 is 0. The zero-order valence-electron chi connectivity index (χ0n) is 12.1. The van der Waals surface area contributed by atoms with Gasteiger partial charge in [-0.3, -0.25) is 0 Å². The normalized spacial score (nSPS) is 20.3. The third-order valence-corrected chi connectivity index (χ3v) is 3.13. The standard InChI is InChI=1S/C14H16N2O6/c1-9-11(12(17)20-2)22-14(19)16(9)15-13(18)21-8-10-6-4-3-5-7-10/h3-7,9,11H,8H2,1-2H3,(H,15,18)/t9-,11+/m0/s1. The largest absolute Gasteiger partial charge is 0.466 e. The van der Waals surface area contributed by atoms with Gasteiger partial charge >= 0.3 is 18.2 Å². The second-order valence-electron chi connectivity index (χ2n) is 4.61. The maximum absolute atomic E-state index is 11.7. The zero-order chi connectivity index (χ0) is 16.1. The molecule has 8 heteroatoms. The lowest BCUT2D eigenvalue weighted by Gasteiger charge is -2.19. The minimum atomic E-state index is -1.09. The fraction of sp³-hybridized carbons (Fsp3) is 0.357. The van der Waals surface area contributed by atoms with Crippen molar-refractivity contribution in [1.82, 2.24) is 10.4 Å². The van der Waals surface area contributed by atoms with Crippen LogP contribution in [0, 0.1) is 0 Å². The monoisotopic (exact) mass is 308 g/mol. The molecule has 0 radical (unpaired) electrons. The number of carbonyl (C=O) groups is 3. The number of carbonyl (C=O) groups excluding carboxylic acids is 3. The molecule has 1 aromatic rings. The van der Waals surface area contributed by atoms with Gasteiger partial charge in [0.25, 0.3) is 0 Å². The van der Waals surface area contributed by atoms with Gasteiger partial charge in [-0.2, -0.15) is 0 Å². The molecule has 2 rings (SSSR count). The molecular formula is C14H16N2O6. The smallest absolute Gasteiger partial charge is 0.430 e. The maximum Gasteiger partial charge on any atom is 0.430 e. The Morgan fingerprint density at radius 2 is 2.00 bits per heavy atom. The lowest BCUT2D eigenvalue weighted by molar-refractivity contribution is -0.149. The summed E-state index contributed by atoms with van der Waals surface area (Å²) in [5.41, 5.74) is 3.05. The number of hydrazine groups is 1. The zero-order valence-corrected chi connectivity index (χ0v) is 12.1. The Morgan fingerprint density at radius 1 is 1.32 bits per heavy atom.